The summed E-state index contributed by atoms with van der Waals surface area (Å²) in [4.78, 5) is 9.97. The quantitative estimate of drug-likeness (QED) is 0.304. The number of hydrogen-bond donors (Lipinski definition) is 0. The molecule has 0 N–H and O–H groups in total. The topological polar surface area (TPSA) is 20.9 Å². The standard InChI is InChI=1S/C6H6NO.ClH/c8-6-7-4-2-1-3-5-7;/h1-6H;1H/q+1;/p-1. The molecule has 0 fully saturated rings. The number of aromatic nitrogens is 1. The molecular weight excluding hydrogens is 138 g/mol. The summed E-state index contributed by atoms with van der Waals surface area (Å²) in [5.41, 5.74) is 0. The highest BCUT2D eigenvalue weighted by molar-refractivity contribution is 5.34. The number of rotatable bonds is 1. The van der Waals surface area contributed by atoms with Gasteiger partial charge in [-0.1, -0.05) is 6.07 Å². The minimum absolute atomic E-state index is 0. The van der Waals surface area contributed by atoms with E-state index in [4.69, 9.17) is 0 Å². The molecule has 1 aromatic heterocycles. The van der Waals surface area contributed by atoms with Gasteiger partial charge in [0.15, 0.2) is 12.4 Å². The lowest BCUT2D eigenvalue weighted by molar-refractivity contribution is -0.552. The number of pyridine rings is 1. The summed E-state index contributed by atoms with van der Waals surface area (Å²) < 4.78 is 1.44. The van der Waals surface area contributed by atoms with Crippen LogP contribution in [0.25, 0.3) is 0 Å². The van der Waals surface area contributed by atoms with E-state index in [0.29, 0.717) is 0 Å². The van der Waals surface area contributed by atoms with Crippen LogP contribution >= 0.6 is 0 Å². The molecule has 0 atom stereocenters. The normalized spacial score (nSPS) is 7.56. The van der Waals surface area contributed by atoms with Crippen molar-refractivity contribution in [1.29, 1.82) is 0 Å². The Morgan fingerprint density at radius 1 is 1.11 bits per heavy atom. The summed E-state index contributed by atoms with van der Waals surface area (Å²) in [7, 11) is 0. The fourth-order valence-electron chi connectivity index (χ4n) is 0.482. The molecule has 9 heavy (non-hydrogen) atoms. The molecule has 1 aromatic rings. The molecule has 0 spiro atoms. The molecule has 48 valence electrons. The van der Waals surface area contributed by atoms with Crippen LogP contribution in [0.2, 0.25) is 0 Å². The predicted molar refractivity (Wildman–Crippen MR) is 28.8 cm³/mol. The Morgan fingerprint density at radius 2 is 1.67 bits per heavy atom. The van der Waals surface area contributed by atoms with Crippen molar-refractivity contribution in [2.45, 2.75) is 0 Å². The number of hydrogen-bond acceptors (Lipinski definition) is 1. The molecule has 0 bridgehead atoms. The maximum Gasteiger partial charge on any atom is 0.380 e. The summed E-state index contributed by atoms with van der Waals surface area (Å²) in [5, 5.41) is 0. The van der Waals surface area contributed by atoms with E-state index in [-0.39, 0.29) is 12.4 Å². The van der Waals surface area contributed by atoms with E-state index in [2.05, 4.69) is 0 Å². The molecule has 3 heteroatoms. The Labute approximate surface area is 59.5 Å². The summed E-state index contributed by atoms with van der Waals surface area (Å²) in [6.07, 6.45) is 4.12. The molecular formula is C6H6ClNO. The van der Waals surface area contributed by atoms with Crippen molar-refractivity contribution in [3.63, 3.8) is 0 Å². The third kappa shape index (κ3) is 2.24. The third-order valence-corrected chi connectivity index (χ3v) is 0.860. The Kier molecular flexibility index (Phi) is 3.64. The van der Waals surface area contributed by atoms with Crippen LogP contribution in [0.3, 0.4) is 0 Å². The predicted octanol–water partition coefficient (Wildman–Crippen LogP) is -2.98. The summed E-state index contributed by atoms with van der Waals surface area (Å²) >= 11 is 0. The lowest BCUT2D eigenvalue weighted by Crippen LogP contribution is -3.00. The van der Waals surface area contributed by atoms with Crippen LogP contribution in [-0.2, 0) is 4.79 Å². The first kappa shape index (κ1) is 8.11. The fourth-order valence-corrected chi connectivity index (χ4v) is 0.482. The van der Waals surface area contributed by atoms with Crippen molar-refractivity contribution in [1.82, 2.24) is 0 Å². The highest BCUT2D eigenvalue weighted by Gasteiger charge is 1.87. The van der Waals surface area contributed by atoms with E-state index in [9.17, 15) is 4.79 Å². The first-order chi connectivity index (χ1) is 3.93. The lowest BCUT2D eigenvalue weighted by Gasteiger charge is -1.76. The second kappa shape index (κ2) is 4.04. The van der Waals surface area contributed by atoms with Crippen LogP contribution in [0.4, 0.5) is 0 Å². The second-order valence-corrected chi connectivity index (χ2v) is 1.43. The van der Waals surface area contributed by atoms with E-state index >= 15 is 0 Å². The van der Waals surface area contributed by atoms with Gasteiger partial charge in [0.1, 0.15) is 0 Å². The smallest absolute Gasteiger partial charge is 0.380 e. The van der Waals surface area contributed by atoms with Gasteiger partial charge in [0.05, 0.1) is 0 Å². The highest BCUT2D eigenvalue weighted by Crippen LogP contribution is 1.71. The van der Waals surface area contributed by atoms with E-state index < -0.39 is 0 Å². The van der Waals surface area contributed by atoms with Crippen LogP contribution in [0, 0.1) is 0 Å². The zero-order valence-electron chi connectivity index (χ0n) is 4.70. The highest BCUT2D eigenvalue weighted by atomic mass is 35.5. The zero-order chi connectivity index (χ0) is 5.82. The third-order valence-electron chi connectivity index (χ3n) is 0.860. The van der Waals surface area contributed by atoms with Crippen LogP contribution in [0.1, 0.15) is 0 Å². The largest absolute Gasteiger partial charge is 1.00 e. The molecule has 0 amide bonds. The van der Waals surface area contributed by atoms with Crippen molar-refractivity contribution < 1.29 is 21.8 Å². The van der Waals surface area contributed by atoms with Crippen molar-refractivity contribution >= 4 is 6.41 Å². The van der Waals surface area contributed by atoms with Gasteiger partial charge in [-0.3, -0.25) is 0 Å². The molecule has 0 radical (unpaired) electrons. The zero-order valence-corrected chi connectivity index (χ0v) is 5.45. The van der Waals surface area contributed by atoms with Gasteiger partial charge in [-0.2, -0.15) is 0 Å². The average molecular weight is 144 g/mol. The van der Waals surface area contributed by atoms with Crippen molar-refractivity contribution in [2.24, 2.45) is 0 Å². The van der Waals surface area contributed by atoms with Gasteiger partial charge in [-0.15, -0.1) is 4.57 Å². The lowest BCUT2D eigenvalue weighted by atomic mass is 10.5. The van der Waals surface area contributed by atoms with E-state index in [0.717, 1.165) is 6.41 Å². The number of nitrogens with zero attached hydrogens (tertiary/aromatic N) is 1. The molecule has 1 heterocycles. The first-order valence-electron chi connectivity index (χ1n) is 2.34. The van der Waals surface area contributed by atoms with Crippen molar-refractivity contribution in [3.8, 4) is 0 Å². The van der Waals surface area contributed by atoms with Gasteiger partial charge >= 0.3 is 6.41 Å². The molecule has 0 aliphatic rings. The van der Waals surface area contributed by atoms with Crippen LogP contribution in [0.15, 0.2) is 30.6 Å². The molecule has 1 rings (SSSR count). The van der Waals surface area contributed by atoms with E-state index in [1.807, 2.05) is 6.07 Å². The number of carbonyl (C=O) groups is 1. The average Bonchev–Trinajstić information content (AvgIpc) is 1.90. The molecule has 0 aromatic carbocycles. The van der Waals surface area contributed by atoms with Crippen molar-refractivity contribution in [3.05, 3.63) is 30.6 Å². The number of halogens is 1. The van der Waals surface area contributed by atoms with Gasteiger partial charge in [-0.05, 0) is 0 Å². The van der Waals surface area contributed by atoms with E-state index in [1.165, 1.54) is 4.57 Å². The monoisotopic (exact) mass is 143 g/mol. The minimum Gasteiger partial charge on any atom is -1.00 e. The number of carbonyl (C=O) groups excluding carboxylic acids is 1. The Morgan fingerprint density at radius 3 is 2.00 bits per heavy atom. The second-order valence-electron chi connectivity index (χ2n) is 1.43. The first-order valence-corrected chi connectivity index (χ1v) is 2.34. The van der Waals surface area contributed by atoms with Gasteiger partial charge in [-0.25, -0.2) is 4.79 Å². The van der Waals surface area contributed by atoms with Crippen LogP contribution < -0.4 is 17.0 Å². The van der Waals surface area contributed by atoms with Gasteiger partial charge < -0.3 is 12.4 Å². The molecule has 0 saturated heterocycles. The van der Waals surface area contributed by atoms with Crippen LogP contribution in [-0.4, -0.2) is 6.41 Å². The molecule has 0 aliphatic carbocycles. The maximum absolute atomic E-state index is 9.97. The summed E-state index contributed by atoms with van der Waals surface area (Å²) in [5.74, 6) is 0. The SMILES string of the molecule is O=C[n+]1ccccc1.[Cl-]. The van der Waals surface area contributed by atoms with Crippen LogP contribution in [0.5, 0.6) is 0 Å². The fraction of sp³-hybridized carbons (Fsp3) is 0. The summed E-state index contributed by atoms with van der Waals surface area (Å²) in [6, 6.07) is 5.46. The van der Waals surface area contributed by atoms with Crippen molar-refractivity contribution in [2.75, 3.05) is 0 Å². The van der Waals surface area contributed by atoms with E-state index in [1.54, 1.807) is 24.5 Å². The molecule has 0 unspecified atom stereocenters. The summed E-state index contributed by atoms with van der Waals surface area (Å²) in [6.45, 7) is 0. The Balaban J connectivity index is 0.000000640. The Bertz CT molecular complexity index is 176. The minimum atomic E-state index is 0. The molecule has 2 nitrogen and oxygen atoms in total. The molecule has 0 aliphatic heterocycles. The van der Waals surface area contributed by atoms with Gasteiger partial charge in [0, 0.05) is 12.1 Å². The van der Waals surface area contributed by atoms with Gasteiger partial charge in [0.25, 0.3) is 0 Å². The maximum atomic E-state index is 9.97. The Hall–Kier alpha value is -0.890. The molecule has 0 saturated carbocycles. The van der Waals surface area contributed by atoms with Gasteiger partial charge in [0.2, 0.25) is 0 Å².